The number of para-hydroxylation sites is 1. The number of guanidine groups is 1. The third kappa shape index (κ3) is 4.77. The molecule has 0 saturated heterocycles. The fraction of sp³-hybridized carbons (Fsp3) is 0.500. The van der Waals surface area contributed by atoms with Crippen molar-refractivity contribution < 1.29 is 4.74 Å². The third-order valence-corrected chi connectivity index (χ3v) is 4.64. The molecule has 2 rings (SSSR count). The van der Waals surface area contributed by atoms with Crippen LogP contribution in [0.3, 0.4) is 0 Å². The summed E-state index contributed by atoms with van der Waals surface area (Å²) in [7, 11) is 3.68. The highest BCUT2D eigenvalue weighted by Gasteiger charge is 2.12. The molecule has 142 valence electrons. The molecule has 1 unspecified atom stereocenters. The average Bonchev–Trinajstić information content (AvgIpc) is 2.89. The first kappa shape index (κ1) is 19.8. The summed E-state index contributed by atoms with van der Waals surface area (Å²) >= 11 is 0. The number of ether oxygens (including phenoxy) is 1. The lowest BCUT2D eigenvalue weighted by Gasteiger charge is -2.18. The maximum absolute atomic E-state index is 5.47. The van der Waals surface area contributed by atoms with Crippen LogP contribution in [0, 0.1) is 13.8 Å². The average molecular weight is 358 g/mol. The molecule has 6 nitrogen and oxygen atoms in total. The number of benzene rings is 1. The van der Waals surface area contributed by atoms with Crippen LogP contribution in [0.15, 0.2) is 29.3 Å². The van der Waals surface area contributed by atoms with Gasteiger partial charge in [-0.05, 0) is 32.4 Å². The Balaban J connectivity index is 2.05. The van der Waals surface area contributed by atoms with Gasteiger partial charge in [0.25, 0.3) is 0 Å². The molecular formula is C20H31N5O. The van der Waals surface area contributed by atoms with Crippen molar-refractivity contribution >= 4 is 5.96 Å². The van der Waals surface area contributed by atoms with Crippen molar-refractivity contribution in [1.29, 1.82) is 0 Å². The lowest BCUT2D eigenvalue weighted by molar-refractivity contribution is 0.406. The van der Waals surface area contributed by atoms with Gasteiger partial charge in [0.05, 0.1) is 19.3 Å². The van der Waals surface area contributed by atoms with Gasteiger partial charge in [0.1, 0.15) is 5.75 Å². The quantitative estimate of drug-likeness (QED) is 0.591. The van der Waals surface area contributed by atoms with E-state index < -0.39 is 0 Å². The monoisotopic (exact) mass is 357 g/mol. The van der Waals surface area contributed by atoms with Crippen molar-refractivity contribution in [3.05, 3.63) is 46.8 Å². The number of hydrogen-bond acceptors (Lipinski definition) is 3. The van der Waals surface area contributed by atoms with E-state index in [2.05, 4.69) is 42.6 Å². The van der Waals surface area contributed by atoms with E-state index in [4.69, 9.17) is 9.73 Å². The zero-order valence-corrected chi connectivity index (χ0v) is 16.8. The van der Waals surface area contributed by atoms with Gasteiger partial charge in [-0.2, -0.15) is 5.10 Å². The number of methoxy groups -OCH3 is 1. The van der Waals surface area contributed by atoms with E-state index in [9.17, 15) is 0 Å². The minimum Gasteiger partial charge on any atom is -0.496 e. The van der Waals surface area contributed by atoms with Crippen LogP contribution in [-0.2, 0) is 13.6 Å². The lowest BCUT2D eigenvalue weighted by Crippen LogP contribution is -2.39. The minimum absolute atomic E-state index is 0.303. The fourth-order valence-corrected chi connectivity index (χ4v) is 2.98. The van der Waals surface area contributed by atoms with Gasteiger partial charge in [0, 0.05) is 37.3 Å². The zero-order chi connectivity index (χ0) is 19.1. The summed E-state index contributed by atoms with van der Waals surface area (Å²) in [4.78, 5) is 4.74. The van der Waals surface area contributed by atoms with Gasteiger partial charge in [-0.1, -0.05) is 25.1 Å². The number of aromatic nitrogens is 2. The van der Waals surface area contributed by atoms with Crippen molar-refractivity contribution in [1.82, 2.24) is 20.4 Å². The van der Waals surface area contributed by atoms with Gasteiger partial charge >= 0.3 is 0 Å². The number of nitrogens with zero attached hydrogens (tertiary/aromatic N) is 3. The Morgan fingerprint density at radius 2 is 2.00 bits per heavy atom. The lowest BCUT2D eigenvalue weighted by atomic mass is 10.0. The van der Waals surface area contributed by atoms with Crippen LogP contribution in [-0.4, -0.2) is 35.9 Å². The number of hydrogen-bond donors (Lipinski definition) is 2. The second kappa shape index (κ2) is 9.27. The van der Waals surface area contributed by atoms with Crippen LogP contribution in [0.2, 0.25) is 0 Å². The number of rotatable bonds is 7. The van der Waals surface area contributed by atoms with Crippen LogP contribution in [0.1, 0.15) is 42.3 Å². The van der Waals surface area contributed by atoms with Crippen molar-refractivity contribution in [2.24, 2.45) is 12.0 Å². The largest absolute Gasteiger partial charge is 0.496 e. The van der Waals surface area contributed by atoms with Crippen molar-refractivity contribution in [2.45, 2.75) is 40.2 Å². The molecule has 6 heteroatoms. The first-order valence-electron chi connectivity index (χ1n) is 9.12. The smallest absolute Gasteiger partial charge is 0.191 e. The Kier molecular flexibility index (Phi) is 7.06. The van der Waals surface area contributed by atoms with Gasteiger partial charge in [-0.15, -0.1) is 0 Å². The summed E-state index contributed by atoms with van der Waals surface area (Å²) < 4.78 is 7.38. The Bertz CT molecular complexity index is 751. The molecule has 1 atom stereocenters. The summed E-state index contributed by atoms with van der Waals surface area (Å²) in [5.74, 6) is 2.04. The van der Waals surface area contributed by atoms with E-state index in [0.717, 1.165) is 36.2 Å². The highest BCUT2D eigenvalue weighted by molar-refractivity contribution is 5.79. The standard InChI is InChI=1S/C20H31N5O/c1-7-21-20(23-13-18-15(3)24-25(5)16(18)4)22-12-14(2)17-10-8-9-11-19(17)26-6/h8-11,14H,7,12-13H2,1-6H3,(H2,21,22,23). The molecule has 1 aromatic carbocycles. The molecule has 0 fully saturated rings. The topological polar surface area (TPSA) is 63.5 Å². The van der Waals surface area contributed by atoms with Crippen LogP contribution in [0.4, 0.5) is 0 Å². The van der Waals surface area contributed by atoms with Crippen LogP contribution >= 0.6 is 0 Å². The van der Waals surface area contributed by atoms with Gasteiger partial charge in [0.2, 0.25) is 0 Å². The van der Waals surface area contributed by atoms with E-state index in [1.54, 1.807) is 7.11 Å². The normalized spacial score (nSPS) is 12.8. The molecular weight excluding hydrogens is 326 g/mol. The highest BCUT2D eigenvalue weighted by Crippen LogP contribution is 2.25. The summed E-state index contributed by atoms with van der Waals surface area (Å²) in [6, 6.07) is 8.14. The van der Waals surface area contributed by atoms with Crippen molar-refractivity contribution in [3.63, 3.8) is 0 Å². The molecule has 2 aromatic rings. The molecule has 2 N–H and O–H groups in total. The van der Waals surface area contributed by atoms with E-state index in [-0.39, 0.29) is 0 Å². The number of aliphatic imine (C=N–C) groups is 1. The Morgan fingerprint density at radius 3 is 2.62 bits per heavy atom. The molecule has 0 aliphatic heterocycles. The zero-order valence-electron chi connectivity index (χ0n) is 16.8. The van der Waals surface area contributed by atoms with Crippen molar-refractivity contribution in [2.75, 3.05) is 20.2 Å². The Labute approximate surface area is 156 Å². The van der Waals surface area contributed by atoms with E-state index in [1.807, 2.05) is 36.9 Å². The molecule has 0 spiro atoms. The summed E-state index contributed by atoms with van der Waals surface area (Å²) in [6.45, 7) is 10.6. The number of nitrogens with one attached hydrogen (secondary N) is 2. The van der Waals surface area contributed by atoms with Gasteiger partial charge in [-0.3, -0.25) is 4.68 Å². The maximum Gasteiger partial charge on any atom is 0.191 e. The first-order chi connectivity index (χ1) is 12.5. The van der Waals surface area contributed by atoms with Crippen LogP contribution in [0.5, 0.6) is 5.75 Å². The second-order valence-corrected chi connectivity index (χ2v) is 6.49. The second-order valence-electron chi connectivity index (χ2n) is 6.49. The number of aryl methyl sites for hydroxylation is 2. The molecule has 26 heavy (non-hydrogen) atoms. The highest BCUT2D eigenvalue weighted by atomic mass is 16.5. The molecule has 1 heterocycles. The van der Waals surface area contributed by atoms with E-state index in [1.165, 1.54) is 11.1 Å². The molecule has 0 saturated carbocycles. The summed E-state index contributed by atoms with van der Waals surface area (Å²) in [5, 5.41) is 11.2. The summed E-state index contributed by atoms with van der Waals surface area (Å²) in [5.41, 5.74) is 4.57. The van der Waals surface area contributed by atoms with Crippen LogP contribution in [0.25, 0.3) is 0 Å². The fourth-order valence-electron chi connectivity index (χ4n) is 2.98. The van der Waals surface area contributed by atoms with E-state index in [0.29, 0.717) is 12.5 Å². The van der Waals surface area contributed by atoms with Crippen LogP contribution < -0.4 is 15.4 Å². The molecule has 0 amide bonds. The molecule has 0 aliphatic carbocycles. The van der Waals surface area contributed by atoms with E-state index >= 15 is 0 Å². The van der Waals surface area contributed by atoms with Gasteiger partial charge in [0.15, 0.2) is 5.96 Å². The minimum atomic E-state index is 0.303. The molecule has 1 aromatic heterocycles. The Hall–Kier alpha value is -2.50. The molecule has 0 bridgehead atoms. The first-order valence-corrected chi connectivity index (χ1v) is 9.12. The maximum atomic E-state index is 5.47. The van der Waals surface area contributed by atoms with Gasteiger partial charge < -0.3 is 15.4 Å². The SMILES string of the molecule is CCNC(=NCc1c(C)nn(C)c1C)NCC(C)c1ccccc1OC. The molecule has 0 radical (unpaired) electrons. The van der Waals surface area contributed by atoms with Gasteiger partial charge in [-0.25, -0.2) is 4.99 Å². The molecule has 0 aliphatic rings. The predicted octanol–water partition coefficient (Wildman–Crippen LogP) is 2.90. The third-order valence-electron chi connectivity index (χ3n) is 4.64. The Morgan fingerprint density at radius 1 is 1.27 bits per heavy atom. The summed E-state index contributed by atoms with van der Waals surface area (Å²) in [6.07, 6.45) is 0. The van der Waals surface area contributed by atoms with Crippen molar-refractivity contribution in [3.8, 4) is 5.75 Å². The predicted molar refractivity (Wildman–Crippen MR) is 107 cm³/mol.